The zero-order valence-electron chi connectivity index (χ0n) is 18.9. The van der Waals surface area contributed by atoms with Crippen LogP contribution in [0, 0.1) is 12.8 Å². The summed E-state index contributed by atoms with van der Waals surface area (Å²) >= 11 is 0. The Bertz CT molecular complexity index is 1010. The normalized spacial score (nSPS) is 13.3. The number of nitrogens with zero attached hydrogens (tertiary/aromatic N) is 3. The number of aryl methyl sites for hydroxylation is 1. The van der Waals surface area contributed by atoms with Gasteiger partial charge in [0, 0.05) is 18.0 Å². The SMILES string of the molecule is Cc1ccc(C(C)C)cc1OC(C)C(=O)NC(c1nc(-c2cccnc2)no1)C(C)C. The summed E-state index contributed by atoms with van der Waals surface area (Å²) < 4.78 is 11.5. The van der Waals surface area contributed by atoms with Gasteiger partial charge >= 0.3 is 0 Å². The highest BCUT2D eigenvalue weighted by atomic mass is 16.5. The number of pyridine rings is 1. The molecule has 1 aromatic carbocycles. The summed E-state index contributed by atoms with van der Waals surface area (Å²) in [4.78, 5) is 21.5. The maximum Gasteiger partial charge on any atom is 0.261 e. The van der Waals surface area contributed by atoms with Crippen LogP contribution in [0.15, 0.2) is 47.2 Å². The Balaban J connectivity index is 1.73. The molecule has 3 aromatic rings. The topological polar surface area (TPSA) is 90.1 Å². The van der Waals surface area contributed by atoms with Gasteiger partial charge in [0.05, 0.1) is 0 Å². The fourth-order valence-corrected chi connectivity index (χ4v) is 3.10. The molecule has 0 aliphatic heterocycles. The minimum absolute atomic E-state index is 0.0457. The minimum Gasteiger partial charge on any atom is -0.481 e. The Kier molecular flexibility index (Phi) is 7.05. The number of aromatic nitrogens is 3. The van der Waals surface area contributed by atoms with E-state index in [1.165, 1.54) is 5.56 Å². The third-order valence-corrected chi connectivity index (χ3v) is 5.14. The maximum absolute atomic E-state index is 12.9. The van der Waals surface area contributed by atoms with Gasteiger partial charge in [-0.2, -0.15) is 4.98 Å². The molecule has 2 atom stereocenters. The largest absolute Gasteiger partial charge is 0.481 e. The molecule has 0 radical (unpaired) electrons. The van der Waals surface area contributed by atoms with Gasteiger partial charge in [-0.25, -0.2) is 0 Å². The van der Waals surface area contributed by atoms with Gasteiger partial charge in [0.2, 0.25) is 11.7 Å². The van der Waals surface area contributed by atoms with E-state index in [1.807, 2.05) is 45.0 Å². The zero-order chi connectivity index (χ0) is 22.5. The lowest BCUT2D eigenvalue weighted by molar-refractivity contribution is -0.128. The fourth-order valence-electron chi connectivity index (χ4n) is 3.10. The third kappa shape index (κ3) is 5.48. The minimum atomic E-state index is -0.678. The maximum atomic E-state index is 12.9. The van der Waals surface area contributed by atoms with Crippen LogP contribution >= 0.6 is 0 Å². The van der Waals surface area contributed by atoms with Crippen LogP contribution in [0.3, 0.4) is 0 Å². The molecular formula is C24H30N4O3. The van der Waals surface area contributed by atoms with Crippen molar-refractivity contribution in [3.05, 3.63) is 59.7 Å². The predicted molar refractivity (Wildman–Crippen MR) is 119 cm³/mol. The van der Waals surface area contributed by atoms with Gasteiger partial charge in [0.1, 0.15) is 11.8 Å². The Morgan fingerprint density at radius 1 is 1.13 bits per heavy atom. The summed E-state index contributed by atoms with van der Waals surface area (Å²) in [5.74, 6) is 1.69. The lowest BCUT2D eigenvalue weighted by Gasteiger charge is -2.22. The molecule has 1 amide bonds. The molecule has 0 spiro atoms. The van der Waals surface area contributed by atoms with Crippen molar-refractivity contribution in [2.45, 2.75) is 59.6 Å². The van der Waals surface area contributed by atoms with Crippen LogP contribution in [0.1, 0.15) is 63.6 Å². The molecule has 1 N–H and O–H groups in total. The van der Waals surface area contributed by atoms with Crippen molar-refractivity contribution in [2.24, 2.45) is 5.92 Å². The summed E-state index contributed by atoms with van der Waals surface area (Å²) in [5, 5.41) is 7.04. The molecule has 164 valence electrons. The highest BCUT2D eigenvalue weighted by molar-refractivity contribution is 5.81. The first-order valence-corrected chi connectivity index (χ1v) is 10.6. The van der Waals surface area contributed by atoms with Gasteiger partial charge in [0.15, 0.2) is 6.10 Å². The van der Waals surface area contributed by atoms with Crippen LogP contribution in [0.5, 0.6) is 5.75 Å². The number of hydrogen-bond donors (Lipinski definition) is 1. The molecule has 0 fully saturated rings. The van der Waals surface area contributed by atoms with Crippen molar-refractivity contribution in [3.8, 4) is 17.1 Å². The van der Waals surface area contributed by atoms with E-state index >= 15 is 0 Å². The summed E-state index contributed by atoms with van der Waals surface area (Å²) in [6, 6.07) is 9.34. The molecule has 2 aromatic heterocycles. The second-order valence-corrected chi connectivity index (χ2v) is 8.37. The number of benzene rings is 1. The number of nitrogens with one attached hydrogen (secondary N) is 1. The van der Waals surface area contributed by atoms with Crippen LogP contribution in [-0.2, 0) is 4.79 Å². The van der Waals surface area contributed by atoms with E-state index in [0.717, 1.165) is 11.1 Å². The highest BCUT2D eigenvalue weighted by Gasteiger charge is 2.27. The summed E-state index contributed by atoms with van der Waals surface area (Å²) in [5.41, 5.74) is 2.91. The van der Waals surface area contributed by atoms with Crippen LogP contribution in [0.25, 0.3) is 11.4 Å². The molecule has 7 nitrogen and oxygen atoms in total. The lowest BCUT2D eigenvalue weighted by atomic mass is 10.0. The van der Waals surface area contributed by atoms with E-state index in [9.17, 15) is 4.79 Å². The third-order valence-electron chi connectivity index (χ3n) is 5.14. The van der Waals surface area contributed by atoms with Gasteiger partial charge in [-0.3, -0.25) is 9.78 Å². The van der Waals surface area contributed by atoms with E-state index in [0.29, 0.717) is 23.4 Å². The van der Waals surface area contributed by atoms with E-state index in [4.69, 9.17) is 9.26 Å². The molecule has 3 rings (SSSR count). The number of amides is 1. The first-order chi connectivity index (χ1) is 14.8. The number of rotatable bonds is 8. The fraction of sp³-hybridized carbons (Fsp3) is 0.417. The lowest BCUT2D eigenvalue weighted by Crippen LogP contribution is -2.40. The van der Waals surface area contributed by atoms with E-state index in [2.05, 4.69) is 40.4 Å². The standard InChI is InChI=1S/C24H30N4O3/c1-14(2)18-10-9-16(5)20(12-18)30-17(6)23(29)26-21(15(3)4)24-27-22(28-31-24)19-8-7-11-25-13-19/h7-15,17,21H,1-6H3,(H,26,29). The number of carbonyl (C=O) groups excluding carboxylic acids is 1. The molecule has 2 heterocycles. The first kappa shape index (κ1) is 22.5. The molecule has 0 aliphatic carbocycles. The monoisotopic (exact) mass is 422 g/mol. The quantitative estimate of drug-likeness (QED) is 0.558. The highest BCUT2D eigenvalue weighted by Crippen LogP contribution is 2.26. The number of hydrogen-bond acceptors (Lipinski definition) is 6. The van der Waals surface area contributed by atoms with Crippen molar-refractivity contribution >= 4 is 5.91 Å². The second kappa shape index (κ2) is 9.73. The Morgan fingerprint density at radius 2 is 1.90 bits per heavy atom. The Labute approximate surface area is 183 Å². The van der Waals surface area contributed by atoms with Gasteiger partial charge in [0.25, 0.3) is 5.91 Å². The first-order valence-electron chi connectivity index (χ1n) is 10.6. The van der Waals surface area contributed by atoms with Crippen molar-refractivity contribution in [1.82, 2.24) is 20.4 Å². The summed E-state index contributed by atoms with van der Waals surface area (Å²) in [6.45, 7) is 11.9. The van der Waals surface area contributed by atoms with E-state index in [1.54, 1.807) is 19.3 Å². The number of ether oxygens (including phenoxy) is 1. The van der Waals surface area contributed by atoms with Gasteiger partial charge in [-0.1, -0.05) is 45.0 Å². The Hall–Kier alpha value is -3.22. The van der Waals surface area contributed by atoms with Gasteiger partial charge < -0.3 is 14.6 Å². The zero-order valence-corrected chi connectivity index (χ0v) is 18.9. The molecule has 2 unspecified atom stereocenters. The van der Waals surface area contributed by atoms with E-state index < -0.39 is 12.1 Å². The molecule has 7 heteroatoms. The van der Waals surface area contributed by atoms with Crippen molar-refractivity contribution in [1.29, 1.82) is 0 Å². The average molecular weight is 423 g/mol. The molecular weight excluding hydrogens is 392 g/mol. The molecule has 0 saturated carbocycles. The molecule has 31 heavy (non-hydrogen) atoms. The molecule has 0 bridgehead atoms. The summed E-state index contributed by atoms with van der Waals surface area (Å²) in [7, 11) is 0. The predicted octanol–water partition coefficient (Wildman–Crippen LogP) is 4.84. The summed E-state index contributed by atoms with van der Waals surface area (Å²) in [6.07, 6.45) is 2.67. The average Bonchev–Trinajstić information content (AvgIpc) is 3.23. The van der Waals surface area contributed by atoms with E-state index in [-0.39, 0.29) is 11.8 Å². The van der Waals surface area contributed by atoms with Crippen molar-refractivity contribution in [3.63, 3.8) is 0 Å². The van der Waals surface area contributed by atoms with Crippen molar-refractivity contribution < 1.29 is 14.1 Å². The van der Waals surface area contributed by atoms with Crippen LogP contribution < -0.4 is 10.1 Å². The number of carbonyl (C=O) groups is 1. The van der Waals surface area contributed by atoms with Crippen molar-refractivity contribution in [2.75, 3.05) is 0 Å². The van der Waals surface area contributed by atoms with Crippen LogP contribution in [-0.4, -0.2) is 27.1 Å². The molecule has 0 aliphatic rings. The Morgan fingerprint density at radius 3 is 2.55 bits per heavy atom. The smallest absolute Gasteiger partial charge is 0.261 e. The van der Waals surface area contributed by atoms with Crippen LogP contribution in [0.4, 0.5) is 0 Å². The molecule has 0 saturated heterocycles. The van der Waals surface area contributed by atoms with Gasteiger partial charge in [-0.05, 0) is 55.0 Å². The second-order valence-electron chi connectivity index (χ2n) is 8.37. The van der Waals surface area contributed by atoms with Crippen LogP contribution in [0.2, 0.25) is 0 Å². The van der Waals surface area contributed by atoms with Gasteiger partial charge in [-0.15, -0.1) is 0 Å².